The second-order valence-electron chi connectivity index (χ2n) is 5.87. The number of nitrogens with one attached hydrogen (secondary N) is 1. The minimum Gasteiger partial charge on any atom is -0.379 e. The first-order valence-electron chi connectivity index (χ1n) is 7.47. The quantitative estimate of drug-likeness (QED) is 0.405. The van der Waals surface area contributed by atoms with Crippen LogP contribution in [0.25, 0.3) is 0 Å². The van der Waals surface area contributed by atoms with Crippen LogP contribution in [0.2, 0.25) is 0 Å². The van der Waals surface area contributed by atoms with Crippen molar-refractivity contribution in [1.82, 2.24) is 10.2 Å². The standard InChI is InChI=1S/C15H26N4OS.HI/c1-15(2,19-7-9-20-10-8-19)12-18-14(16)17-6-5-13-4-3-11-21-13;/h3-4,11H,5-10,12H2,1-2H3,(H3,16,17,18);1H. The molecular weight excluding hydrogens is 411 g/mol. The van der Waals surface area contributed by atoms with E-state index in [4.69, 9.17) is 10.5 Å². The van der Waals surface area contributed by atoms with Crippen LogP contribution in [0, 0.1) is 0 Å². The first-order chi connectivity index (χ1) is 10.1. The zero-order valence-corrected chi connectivity index (χ0v) is 16.5. The van der Waals surface area contributed by atoms with Gasteiger partial charge in [-0.05, 0) is 31.7 Å². The first-order valence-corrected chi connectivity index (χ1v) is 8.35. The number of morpholine rings is 1. The van der Waals surface area contributed by atoms with E-state index in [1.54, 1.807) is 11.3 Å². The van der Waals surface area contributed by atoms with Crippen molar-refractivity contribution < 1.29 is 4.74 Å². The van der Waals surface area contributed by atoms with Crippen molar-refractivity contribution in [3.63, 3.8) is 0 Å². The number of hydrogen-bond acceptors (Lipinski definition) is 4. The van der Waals surface area contributed by atoms with Gasteiger partial charge in [0, 0.05) is 30.1 Å². The van der Waals surface area contributed by atoms with Crippen molar-refractivity contribution in [1.29, 1.82) is 0 Å². The van der Waals surface area contributed by atoms with Crippen molar-refractivity contribution in [2.24, 2.45) is 10.7 Å². The summed E-state index contributed by atoms with van der Waals surface area (Å²) in [6.07, 6.45) is 0.987. The molecule has 0 radical (unpaired) electrons. The van der Waals surface area contributed by atoms with Gasteiger partial charge in [0.1, 0.15) is 0 Å². The number of nitrogens with two attached hydrogens (primary N) is 1. The van der Waals surface area contributed by atoms with Gasteiger partial charge in [-0.3, -0.25) is 9.89 Å². The number of nitrogens with zero attached hydrogens (tertiary/aromatic N) is 2. The maximum absolute atomic E-state index is 5.95. The summed E-state index contributed by atoms with van der Waals surface area (Å²) in [5.41, 5.74) is 5.97. The maximum Gasteiger partial charge on any atom is 0.188 e. The fourth-order valence-electron chi connectivity index (χ4n) is 2.37. The lowest BCUT2D eigenvalue weighted by Crippen LogP contribution is -2.52. The zero-order chi connectivity index (χ0) is 15.1. The smallest absolute Gasteiger partial charge is 0.188 e. The third-order valence-electron chi connectivity index (χ3n) is 3.76. The predicted octanol–water partition coefficient (Wildman–Crippen LogP) is 1.92. The van der Waals surface area contributed by atoms with Gasteiger partial charge in [0.25, 0.3) is 0 Å². The van der Waals surface area contributed by atoms with Crippen LogP contribution in [-0.4, -0.2) is 55.8 Å². The Bertz CT molecular complexity index is 444. The molecule has 2 rings (SSSR count). The predicted molar refractivity (Wildman–Crippen MR) is 104 cm³/mol. The van der Waals surface area contributed by atoms with Crippen LogP contribution >= 0.6 is 35.3 Å². The molecule has 2 heterocycles. The number of aliphatic imine (C=N–C) groups is 1. The van der Waals surface area contributed by atoms with Crippen LogP contribution in [0.3, 0.4) is 0 Å². The van der Waals surface area contributed by atoms with Crippen molar-refractivity contribution in [3.05, 3.63) is 22.4 Å². The van der Waals surface area contributed by atoms with Crippen molar-refractivity contribution >= 4 is 41.3 Å². The van der Waals surface area contributed by atoms with E-state index >= 15 is 0 Å². The molecule has 1 aromatic heterocycles. The van der Waals surface area contributed by atoms with Gasteiger partial charge in [-0.25, -0.2) is 0 Å². The average Bonchev–Trinajstić information content (AvgIpc) is 2.99. The first kappa shape index (κ1) is 19.7. The molecule has 1 aliphatic heterocycles. The Morgan fingerprint density at radius 1 is 1.45 bits per heavy atom. The van der Waals surface area contributed by atoms with Gasteiger partial charge in [-0.2, -0.15) is 0 Å². The minimum absolute atomic E-state index is 0. The van der Waals surface area contributed by atoms with Gasteiger partial charge in [-0.15, -0.1) is 35.3 Å². The number of ether oxygens (including phenoxy) is 1. The van der Waals surface area contributed by atoms with Gasteiger partial charge in [-0.1, -0.05) is 6.07 Å². The average molecular weight is 438 g/mol. The molecule has 5 nitrogen and oxygen atoms in total. The second kappa shape index (κ2) is 9.69. The highest BCUT2D eigenvalue weighted by atomic mass is 127. The molecule has 1 saturated heterocycles. The molecule has 1 fully saturated rings. The number of halogens is 1. The van der Waals surface area contributed by atoms with Crippen molar-refractivity contribution in [2.45, 2.75) is 25.8 Å². The van der Waals surface area contributed by atoms with Gasteiger partial charge in [0.15, 0.2) is 5.96 Å². The van der Waals surface area contributed by atoms with Crippen LogP contribution in [0.5, 0.6) is 0 Å². The Labute approximate surface area is 154 Å². The van der Waals surface area contributed by atoms with Gasteiger partial charge in [0.2, 0.25) is 0 Å². The highest BCUT2D eigenvalue weighted by Crippen LogP contribution is 2.16. The summed E-state index contributed by atoms with van der Waals surface area (Å²) in [7, 11) is 0. The molecule has 0 saturated carbocycles. The van der Waals surface area contributed by atoms with E-state index in [0.717, 1.165) is 39.3 Å². The molecule has 1 aromatic rings. The van der Waals surface area contributed by atoms with Crippen LogP contribution in [0.4, 0.5) is 0 Å². The van der Waals surface area contributed by atoms with Crippen LogP contribution in [0.15, 0.2) is 22.5 Å². The van der Waals surface area contributed by atoms with Crippen LogP contribution < -0.4 is 11.1 Å². The van der Waals surface area contributed by atoms with Crippen molar-refractivity contribution in [3.8, 4) is 0 Å². The number of rotatable bonds is 6. The largest absolute Gasteiger partial charge is 0.379 e. The molecular formula is C15H27IN4OS. The fourth-order valence-corrected chi connectivity index (χ4v) is 3.08. The summed E-state index contributed by atoms with van der Waals surface area (Å²) in [5.74, 6) is 0.535. The third-order valence-corrected chi connectivity index (χ3v) is 4.70. The molecule has 0 atom stereocenters. The zero-order valence-electron chi connectivity index (χ0n) is 13.4. The fraction of sp³-hybridized carbons (Fsp3) is 0.667. The summed E-state index contributed by atoms with van der Waals surface area (Å²) in [6.45, 7) is 9.49. The lowest BCUT2D eigenvalue weighted by Gasteiger charge is -2.39. The lowest BCUT2D eigenvalue weighted by atomic mass is 10.0. The molecule has 0 spiro atoms. The van der Waals surface area contributed by atoms with E-state index in [9.17, 15) is 0 Å². The van der Waals surface area contributed by atoms with Gasteiger partial charge < -0.3 is 15.8 Å². The number of guanidine groups is 1. The normalized spacial score (nSPS) is 17.1. The molecule has 22 heavy (non-hydrogen) atoms. The molecule has 7 heteroatoms. The summed E-state index contributed by atoms with van der Waals surface area (Å²) in [6, 6.07) is 4.21. The van der Waals surface area contributed by atoms with E-state index in [-0.39, 0.29) is 29.5 Å². The number of thiophene rings is 1. The van der Waals surface area contributed by atoms with Gasteiger partial charge >= 0.3 is 0 Å². The Morgan fingerprint density at radius 3 is 2.82 bits per heavy atom. The van der Waals surface area contributed by atoms with E-state index in [2.05, 4.69) is 46.6 Å². The summed E-state index contributed by atoms with van der Waals surface area (Å²) < 4.78 is 5.40. The number of hydrogen-bond donors (Lipinski definition) is 2. The molecule has 126 valence electrons. The maximum atomic E-state index is 5.95. The van der Waals surface area contributed by atoms with Crippen LogP contribution in [-0.2, 0) is 11.2 Å². The molecule has 1 aliphatic rings. The van der Waals surface area contributed by atoms with Crippen molar-refractivity contribution in [2.75, 3.05) is 39.4 Å². The highest BCUT2D eigenvalue weighted by molar-refractivity contribution is 14.0. The summed E-state index contributed by atoms with van der Waals surface area (Å²) >= 11 is 1.77. The lowest BCUT2D eigenvalue weighted by molar-refractivity contribution is -0.00682. The molecule has 0 amide bonds. The van der Waals surface area contributed by atoms with Gasteiger partial charge in [0.05, 0.1) is 19.8 Å². The molecule has 0 unspecified atom stereocenters. The minimum atomic E-state index is 0. The Hall–Kier alpha value is -0.380. The summed E-state index contributed by atoms with van der Waals surface area (Å²) in [5, 5.41) is 5.28. The molecule has 0 aromatic carbocycles. The Balaban J connectivity index is 0.00000242. The highest BCUT2D eigenvalue weighted by Gasteiger charge is 2.27. The van der Waals surface area contributed by atoms with E-state index in [1.165, 1.54) is 4.88 Å². The van der Waals surface area contributed by atoms with E-state index in [0.29, 0.717) is 12.5 Å². The molecule has 0 bridgehead atoms. The molecule has 3 N–H and O–H groups in total. The Kier molecular flexibility index (Phi) is 8.66. The topological polar surface area (TPSA) is 62.9 Å². The SMILES string of the molecule is CC(C)(CN=C(N)NCCc1cccs1)N1CCOCC1.I. The second-order valence-corrected chi connectivity index (χ2v) is 6.90. The summed E-state index contributed by atoms with van der Waals surface area (Å²) in [4.78, 5) is 8.27. The van der Waals surface area contributed by atoms with E-state index in [1.807, 2.05) is 0 Å². The monoisotopic (exact) mass is 438 g/mol. The Morgan fingerprint density at radius 2 is 2.18 bits per heavy atom. The molecule has 0 aliphatic carbocycles. The van der Waals surface area contributed by atoms with Crippen LogP contribution in [0.1, 0.15) is 18.7 Å². The third kappa shape index (κ3) is 6.39. The van der Waals surface area contributed by atoms with E-state index < -0.39 is 0 Å².